The minimum atomic E-state index is -1.43. The zero-order valence-corrected chi connectivity index (χ0v) is 22.5. The van der Waals surface area contributed by atoms with Gasteiger partial charge in [0.25, 0.3) is 0 Å². The third-order valence-corrected chi connectivity index (χ3v) is 8.72. The van der Waals surface area contributed by atoms with Crippen LogP contribution < -0.4 is 11.1 Å². The first-order valence-corrected chi connectivity index (χ1v) is 13.5. The van der Waals surface area contributed by atoms with Crippen molar-refractivity contribution in [3.05, 3.63) is 58.9 Å². The Kier molecular flexibility index (Phi) is 7.30. The number of hydrogen-bond acceptors (Lipinski definition) is 6. The maximum absolute atomic E-state index is 15.5. The summed E-state index contributed by atoms with van der Waals surface area (Å²) in [6.07, 6.45) is 0.660. The van der Waals surface area contributed by atoms with Gasteiger partial charge in [0.2, 0.25) is 0 Å². The minimum Gasteiger partial charge on any atom is -0.453 e. The van der Waals surface area contributed by atoms with Crippen LogP contribution in [0.3, 0.4) is 0 Å². The normalized spacial score (nSPS) is 27.7. The minimum absolute atomic E-state index is 0.173. The highest BCUT2D eigenvalue weighted by Crippen LogP contribution is 2.63. The number of nitrogens with zero attached hydrogens (tertiary/aromatic N) is 2. The fourth-order valence-corrected chi connectivity index (χ4v) is 6.80. The van der Waals surface area contributed by atoms with E-state index in [1.165, 1.54) is 13.2 Å². The van der Waals surface area contributed by atoms with E-state index in [0.29, 0.717) is 42.5 Å². The number of fused-ring (bicyclic) bond motifs is 2. The maximum atomic E-state index is 15.5. The van der Waals surface area contributed by atoms with Gasteiger partial charge in [0.15, 0.2) is 0 Å². The number of nitrogens with two attached hydrogens (primary N) is 1. The van der Waals surface area contributed by atoms with Gasteiger partial charge in [-0.05, 0) is 55.4 Å². The molecule has 2 aromatic rings. The van der Waals surface area contributed by atoms with Crippen LogP contribution in [0.2, 0.25) is 0 Å². The predicted octanol–water partition coefficient (Wildman–Crippen LogP) is 2.60. The number of rotatable bonds is 5. The molecule has 0 radical (unpaired) electrons. The lowest BCUT2D eigenvalue weighted by atomic mass is 9.47. The maximum Gasteiger partial charge on any atom is 0.406 e. The summed E-state index contributed by atoms with van der Waals surface area (Å²) in [4.78, 5) is 28.4. The van der Waals surface area contributed by atoms with Crippen molar-refractivity contribution in [1.29, 1.82) is 0 Å². The molecule has 10 heteroatoms. The Bertz CT molecular complexity index is 1260. The monoisotopic (exact) mass is 540 g/mol. The fourth-order valence-electron chi connectivity index (χ4n) is 6.80. The Morgan fingerprint density at radius 1 is 1.23 bits per heavy atom. The highest BCUT2D eigenvalue weighted by Gasteiger charge is 2.64. The van der Waals surface area contributed by atoms with Crippen molar-refractivity contribution in [2.24, 2.45) is 5.73 Å². The van der Waals surface area contributed by atoms with Crippen LogP contribution in [0, 0.1) is 12.7 Å². The van der Waals surface area contributed by atoms with E-state index in [1.807, 2.05) is 31.2 Å². The van der Waals surface area contributed by atoms with Crippen LogP contribution in [0.1, 0.15) is 42.4 Å². The molecule has 5 rings (SSSR count). The summed E-state index contributed by atoms with van der Waals surface area (Å²) in [5, 5.41) is 25.3. The van der Waals surface area contributed by atoms with Crippen molar-refractivity contribution < 1.29 is 28.9 Å². The number of piperidine rings is 1. The van der Waals surface area contributed by atoms with Crippen molar-refractivity contribution in [2.45, 2.75) is 55.8 Å². The Morgan fingerprint density at radius 3 is 2.72 bits per heavy atom. The molecule has 5 N–H and O–H groups in total. The number of aliphatic hydroxyl groups is 2. The number of amides is 3. The van der Waals surface area contributed by atoms with Gasteiger partial charge in [0.05, 0.1) is 13.2 Å². The Balaban J connectivity index is 1.52. The molecular formula is C29H37FN4O5. The zero-order valence-electron chi connectivity index (χ0n) is 22.5. The lowest BCUT2D eigenvalue weighted by Crippen LogP contribution is -2.67. The number of carbonyl (C=O) groups is 2. The summed E-state index contributed by atoms with van der Waals surface area (Å²) in [5.41, 5.74) is 7.17. The molecule has 210 valence electrons. The molecule has 2 saturated heterocycles. The van der Waals surface area contributed by atoms with Gasteiger partial charge < -0.3 is 35.8 Å². The molecule has 3 aliphatic rings. The van der Waals surface area contributed by atoms with Gasteiger partial charge in [0, 0.05) is 49.7 Å². The molecule has 1 aliphatic carbocycles. The molecule has 0 saturated carbocycles. The number of aliphatic hydroxyl groups excluding tert-OH is 1. The molecule has 4 atom stereocenters. The molecule has 2 aliphatic heterocycles. The molecule has 0 bridgehead atoms. The van der Waals surface area contributed by atoms with Gasteiger partial charge in [-0.15, -0.1) is 0 Å². The summed E-state index contributed by atoms with van der Waals surface area (Å²) >= 11 is 0. The van der Waals surface area contributed by atoms with Crippen LogP contribution in [0.15, 0.2) is 36.4 Å². The van der Waals surface area contributed by atoms with E-state index in [1.54, 1.807) is 15.9 Å². The number of benzene rings is 2. The standard InChI is InChI=1S/C29H37FN4O5/c1-18-6-3-7-19(14-18)24-21(30)9-8-20-25(24)29(38,11-4-12-32-26(36)39-2)28(20)10-5-13-33(17-28)27(37)34-15-22(31)23(35)16-34/h3,6-9,14,22-23,35,38H,4-5,10-13,15-17,31H2,1-2H3,(H,32,36)/t22-,23+,28-,29-/m1/s1. The third-order valence-electron chi connectivity index (χ3n) is 8.72. The summed E-state index contributed by atoms with van der Waals surface area (Å²) in [7, 11) is 1.29. The smallest absolute Gasteiger partial charge is 0.406 e. The van der Waals surface area contributed by atoms with Gasteiger partial charge >= 0.3 is 12.1 Å². The van der Waals surface area contributed by atoms with E-state index in [4.69, 9.17) is 5.73 Å². The molecule has 39 heavy (non-hydrogen) atoms. The van der Waals surface area contributed by atoms with E-state index in [-0.39, 0.29) is 38.6 Å². The average Bonchev–Trinajstić information content (AvgIpc) is 3.27. The topological polar surface area (TPSA) is 128 Å². The molecule has 1 spiro atoms. The highest BCUT2D eigenvalue weighted by molar-refractivity contribution is 5.79. The van der Waals surface area contributed by atoms with Crippen molar-refractivity contribution in [3.63, 3.8) is 0 Å². The molecule has 0 aromatic heterocycles. The first-order chi connectivity index (χ1) is 18.6. The fraction of sp³-hybridized carbons (Fsp3) is 0.517. The number of halogens is 1. The number of β-amino-alcohol motifs (C(OH)–C–C–N with tert-alkyl or cyclic N) is 1. The van der Waals surface area contributed by atoms with Crippen LogP contribution in [0.5, 0.6) is 0 Å². The predicted molar refractivity (Wildman–Crippen MR) is 144 cm³/mol. The summed E-state index contributed by atoms with van der Waals surface area (Å²) < 4.78 is 20.2. The lowest BCUT2D eigenvalue weighted by Gasteiger charge is -2.62. The summed E-state index contributed by atoms with van der Waals surface area (Å²) in [6, 6.07) is 10.0. The second kappa shape index (κ2) is 10.4. The molecule has 2 fully saturated rings. The molecule has 3 amide bonds. The Hall–Kier alpha value is -3.21. The number of carbonyl (C=O) groups excluding carboxylic acids is 2. The van der Waals surface area contributed by atoms with Crippen molar-refractivity contribution in [1.82, 2.24) is 15.1 Å². The molecule has 0 unspecified atom stereocenters. The number of likely N-dealkylation sites (tertiary alicyclic amines) is 2. The van der Waals surface area contributed by atoms with Crippen LogP contribution in [0.25, 0.3) is 11.1 Å². The molecule has 2 heterocycles. The quantitative estimate of drug-likeness (QED) is 0.432. The number of hydrogen-bond donors (Lipinski definition) is 4. The second-order valence-corrected chi connectivity index (χ2v) is 11.1. The third kappa shape index (κ3) is 4.54. The van der Waals surface area contributed by atoms with Gasteiger partial charge in [-0.1, -0.05) is 35.9 Å². The largest absolute Gasteiger partial charge is 0.453 e. The number of alkyl carbamates (subject to hydrolysis) is 1. The molecule has 2 aromatic carbocycles. The first kappa shape index (κ1) is 27.4. The lowest BCUT2D eigenvalue weighted by molar-refractivity contribution is -0.110. The van der Waals surface area contributed by atoms with Crippen molar-refractivity contribution in [3.8, 4) is 11.1 Å². The van der Waals surface area contributed by atoms with Crippen molar-refractivity contribution in [2.75, 3.05) is 39.8 Å². The molecular weight excluding hydrogens is 503 g/mol. The zero-order chi connectivity index (χ0) is 27.9. The average molecular weight is 541 g/mol. The number of methoxy groups -OCH3 is 1. The van der Waals surface area contributed by atoms with E-state index in [9.17, 15) is 19.8 Å². The van der Waals surface area contributed by atoms with Gasteiger partial charge in [-0.25, -0.2) is 14.0 Å². The van der Waals surface area contributed by atoms with Crippen LogP contribution in [-0.2, 0) is 15.8 Å². The van der Waals surface area contributed by atoms with E-state index in [0.717, 1.165) is 11.1 Å². The Morgan fingerprint density at radius 2 is 2.03 bits per heavy atom. The summed E-state index contributed by atoms with van der Waals surface area (Å²) in [5.74, 6) is -0.413. The number of aryl methyl sites for hydroxylation is 1. The van der Waals surface area contributed by atoms with Gasteiger partial charge in [-0.2, -0.15) is 0 Å². The van der Waals surface area contributed by atoms with Crippen molar-refractivity contribution >= 4 is 12.1 Å². The molecule has 9 nitrogen and oxygen atoms in total. The van der Waals surface area contributed by atoms with Gasteiger partial charge in [-0.3, -0.25) is 0 Å². The number of urea groups is 1. The Labute approximate surface area is 227 Å². The number of nitrogens with one attached hydrogen (secondary N) is 1. The van der Waals surface area contributed by atoms with E-state index in [2.05, 4.69) is 10.1 Å². The summed E-state index contributed by atoms with van der Waals surface area (Å²) in [6.45, 7) is 3.44. The van der Waals surface area contributed by atoms with Crippen LogP contribution >= 0.6 is 0 Å². The second-order valence-electron chi connectivity index (χ2n) is 11.1. The van der Waals surface area contributed by atoms with Crippen LogP contribution in [-0.4, -0.2) is 84.1 Å². The van der Waals surface area contributed by atoms with Crippen LogP contribution in [0.4, 0.5) is 14.0 Å². The van der Waals surface area contributed by atoms with E-state index < -0.39 is 35.1 Å². The number of ether oxygens (including phenoxy) is 1. The van der Waals surface area contributed by atoms with Gasteiger partial charge in [0.1, 0.15) is 11.4 Å². The first-order valence-electron chi connectivity index (χ1n) is 13.5. The van der Waals surface area contributed by atoms with E-state index >= 15 is 4.39 Å². The SMILES string of the molecule is COC(=O)NCCC[C@@]1(O)c2c(ccc(F)c2-c2cccc(C)c2)[C@]12CCCN(C(=O)N1C[C@@H](N)[C@@H](O)C1)C2. The highest BCUT2D eigenvalue weighted by atomic mass is 19.1.